The molecule has 347 valence electrons. The zero-order chi connectivity index (χ0) is 47.4. The number of hydrogen-bond donors (Lipinski definition) is 2. The minimum Gasteiger partial charge on any atom is -0.464 e. The average molecular weight is 915 g/mol. The summed E-state index contributed by atoms with van der Waals surface area (Å²) < 4.78 is 23.1. The predicted octanol–water partition coefficient (Wildman–Crippen LogP) is 6.15. The van der Waals surface area contributed by atoms with E-state index < -0.39 is 35.3 Å². The van der Waals surface area contributed by atoms with Gasteiger partial charge in [0.1, 0.15) is 18.7 Å². The van der Waals surface area contributed by atoms with E-state index in [0.717, 1.165) is 56.2 Å². The van der Waals surface area contributed by atoms with E-state index in [1.54, 1.807) is 20.4 Å². The normalized spacial score (nSPS) is 18.6. The molecule has 2 aliphatic heterocycles. The van der Waals surface area contributed by atoms with Crippen LogP contribution in [0, 0.1) is 17.3 Å². The molecule has 66 heavy (non-hydrogen) atoms. The molecule has 16 nitrogen and oxygen atoms in total. The molecule has 6 bridgehead atoms. The maximum Gasteiger partial charge on any atom is 0.324 e. The smallest absolute Gasteiger partial charge is 0.324 e. The molecule has 2 aromatic carbocycles. The van der Waals surface area contributed by atoms with Crippen LogP contribution in [-0.2, 0) is 55.1 Å². The van der Waals surface area contributed by atoms with Gasteiger partial charge in [0.15, 0.2) is 10.4 Å². The number of nitrogens with zero attached hydrogens (tertiary/aromatic N) is 7. The molecule has 3 radical (unpaired) electrons. The highest BCUT2D eigenvalue weighted by molar-refractivity contribution is 6.17. The highest BCUT2D eigenvalue weighted by Gasteiger charge is 2.39. The van der Waals surface area contributed by atoms with Crippen LogP contribution >= 0.6 is 0 Å². The molecule has 1 unspecified atom stereocenters. The Hall–Kier alpha value is -6.17. The van der Waals surface area contributed by atoms with E-state index >= 15 is 0 Å². The van der Waals surface area contributed by atoms with Gasteiger partial charge in [0.25, 0.3) is 5.91 Å². The van der Waals surface area contributed by atoms with E-state index in [4.69, 9.17) is 19.2 Å². The van der Waals surface area contributed by atoms with E-state index in [9.17, 15) is 19.2 Å². The second-order valence-electron chi connectivity index (χ2n) is 18.2. The van der Waals surface area contributed by atoms with Crippen LogP contribution in [0.25, 0.3) is 33.3 Å². The molecule has 3 amide bonds. The first-order valence-electron chi connectivity index (χ1n) is 22.5. The molecule has 1 saturated heterocycles. The van der Waals surface area contributed by atoms with Crippen molar-refractivity contribution in [1.82, 2.24) is 39.3 Å². The molecule has 5 aromatic rings. The molecule has 5 heterocycles. The van der Waals surface area contributed by atoms with Gasteiger partial charge in [0.2, 0.25) is 17.8 Å². The molecule has 3 aromatic heterocycles. The lowest BCUT2D eigenvalue weighted by molar-refractivity contribution is -0.157. The van der Waals surface area contributed by atoms with Gasteiger partial charge in [-0.15, -0.1) is 5.10 Å². The van der Waals surface area contributed by atoms with Gasteiger partial charge < -0.3 is 23.3 Å². The number of hydrazine groups is 1. The number of amides is 3. The van der Waals surface area contributed by atoms with Gasteiger partial charge in [0.05, 0.1) is 30.0 Å². The fourth-order valence-corrected chi connectivity index (χ4v) is 9.18. The Morgan fingerprint density at radius 1 is 1.11 bits per heavy atom. The molecule has 0 spiro atoms. The number of benzene rings is 2. The Balaban J connectivity index is 1.29. The lowest BCUT2D eigenvalue weighted by atomic mass is 9.84. The molecular formula is C49H60N9O7Si. The van der Waals surface area contributed by atoms with Crippen LogP contribution in [0.1, 0.15) is 77.3 Å². The minimum atomic E-state index is -1.04. The molecule has 0 aliphatic carbocycles. The number of carbonyl (C=O) groups excluding carboxylic acids is 4. The summed E-state index contributed by atoms with van der Waals surface area (Å²) >= 11 is 0. The zero-order valence-corrected chi connectivity index (χ0v) is 40.1. The summed E-state index contributed by atoms with van der Waals surface area (Å²) in [4.78, 5) is 60.1. The number of methoxy groups -OCH3 is 1. The largest absolute Gasteiger partial charge is 0.464 e. The molecule has 2 N–H and O–H groups in total. The van der Waals surface area contributed by atoms with Crippen molar-refractivity contribution in [2.24, 2.45) is 24.3 Å². The van der Waals surface area contributed by atoms with E-state index in [0.29, 0.717) is 32.4 Å². The van der Waals surface area contributed by atoms with Crippen molar-refractivity contribution in [2.75, 3.05) is 32.2 Å². The van der Waals surface area contributed by atoms with E-state index in [1.807, 2.05) is 39.0 Å². The van der Waals surface area contributed by atoms with Crippen molar-refractivity contribution in [2.45, 2.75) is 92.0 Å². The fraction of sp³-hybridized carbons (Fsp3) is 0.449. The highest BCUT2D eigenvalue weighted by atomic mass is 28.2. The lowest BCUT2D eigenvalue weighted by Gasteiger charge is -2.38. The summed E-state index contributed by atoms with van der Waals surface area (Å²) in [5.41, 5.74) is 10.5. The van der Waals surface area contributed by atoms with Gasteiger partial charge in [-0.25, -0.2) is 5.43 Å². The van der Waals surface area contributed by atoms with Crippen molar-refractivity contribution < 1.29 is 33.4 Å². The molecule has 17 heteroatoms. The topological polar surface area (TPSA) is 175 Å². The van der Waals surface area contributed by atoms with Crippen LogP contribution in [0.2, 0.25) is 0 Å². The summed E-state index contributed by atoms with van der Waals surface area (Å²) in [5.74, 6) is -2.51. The van der Waals surface area contributed by atoms with Crippen molar-refractivity contribution >= 4 is 50.9 Å². The van der Waals surface area contributed by atoms with Gasteiger partial charge in [-0.05, 0) is 91.6 Å². The first-order chi connectivity index (χ1) is 31.5. The molecular weight excluding hydrogens is 855 g/mol. The second kappa shape index (κ2) is 20.1. The monoisotopic (exact) mass is 914 g/mol. The Kier molecular flexibility index (Phi) is 14.6. The Morgan fingerprint density at radius 3 is 2.61 bits per heavy atom. The maximum atomic E-state index is 14.8. The minimum absolute atomic E-state index is 0.0894. The van der Waals surface area contributed by atoms with Gasteiger partial charge >= 0.3 is 12.0 Å². The Morgan fingerprint density at radius 2 is 1.88 bits per heavy atom. The first-order valence-corrected chi connectivity index (χ1v) is 23.0. The summed E-state index contributed by atoms with van der Waals surface area (Å²) in [6.45, 7) is 16.7. The number of anilines is 1. The number of nitrogens with one attached hydrogen (secondary N) is 2. The average Bonchev–Trinajstić information content (AvgIpc) is 3.82. The lowest BCUT2D eigenvalue weighted by Crippen LogP contribution is -2.61. The first kappa shape index (κ1) is 47.8. The molecule has 4 atom stereocenters. The SMILES string of the molecule is C=CC(=O)Nc1nnc(OC[C@H](C(=O)N([Si])C2Cc3cccc(c3)-c3ccc4c(c3)c(c(-c3cccnc3[C@H](C)OC)n4CC)CC(C)(C)COC(=O)[C@@H]3CCCN(N3)C2=O)C(C)C)n1C. The number of pyridine rings is 1. The number of rotatable bonds is 12. The standard InChI is InChI=1S/C49H60N9O7Si/c1-10-41(59)51-47-52-53-48(55(47)8)64-27-37(29(3)4)44(60)58(66)40-24-31-15-12-16-32(23-31)33-19-20-39-35(25-33)36(43(56(39)11-2)34-17-13-21-50-42(34)30(5)63-9)26-49(6,7)28-65-46(62)38-18-14-22-57(54-38)45(40)61/h10,12-13,15-17,19-21,23,25,29-30,37-38,40,54H,1,11,14,18,22,24,26-28H2,2-9H3,(H,51,52,59)/t30-,37-,38-,40?/m0/s1. The van der Waals surface area contributed by atoms with Crippen LogP contribution in [0.15, 0.2) is 73.4 Å². The third kappa shape index (κ3) is 9.97. The van der Waals surface area contributed by atoms with Crippen LogP contribution in [0.4, 0.5) is 5.95 Å². The van der Waals surface area contributed by atoms with E-state index in [2.05, 4.69) is 99.7 Å². The van der Waals surface area contributed by atoms with Crippen molar-refractivity contribution in [3.8, 4) is 28.4 Å². The molecule has 1 fully saturated rings. The van der Waals surface area contributed by atoms with Crippen molar-refractivity contribution in [1.29, 1.82) is 0 Å². The summed E-state index contributed by atoms with van der Waals surface area (Å²) in [7, 11) is 6.96. The van der Waals surface area contributed by atoms with Crippen molar-refractivity contribution in [3.05, 3.63) is 90.3 Å². The molecule has 2 aliphatic rings. The quantitative estimate of drug-likeness (QED) is 0.0836. The number of esters is 1. The van der Waals surface area contributed by atoms with Gasteiger partial charge in [-0.2, -0.15) is 0 Å². The molecule has 0 saturated carbocycles. The second-order valence-corrected chi connectivity index (χ2v) is 18.7. The number of hydrogen-bond acceptors (Lipinski definition) is 11. The fourth-order valence-electron chi connectivity index (χ4n) is 8.81. The van der Waals surface area contributed by atoms with Crippen LogP contribution in [0.3, 0.4) is 0 Å². The Labute approximate surface area is 389 Å². The number of carbonyl (C=O) groups is 4. The van der Waals surface area contributed by atoms with Gasteiger partial charge in [-0.1, -0.05) is 69.7 Å². The van der Waals surface area contributed by atoms with Crippen LogP contribution in [-0.4, -0.2) is 107 Å². The number of aromatic nitrogens is 5. The molecule has 7 rings (SSSR count). The third-order valence-corrected chi connectivity index (χ3v) is 13.1. The van der Waals surface area contributed by atoms with E-state index in [1.165, 1.54) is 14.1 Å². The Bertz CT molecular complexity index is 2620. The maximum absolute atomic E-state index is 14.8. The third-order valence-electron chi connectivity index (χ3n) is 12.6. The van der Waals surface area contributed by atoms with Crippen LogP contribution < -0.4 is 15.5 Å². The van der Waals surface area contributed by atoms with Crippen LogP contribution in [0.5, 0.6) is 6.01 Å². The van der Waals surface area contributed by atoms with Gasteiger partial charge in [0, 0.05) is 61.7 Å². The van der Waals surface area contributed by atoms with Gasteiger partial charge in [-0.3, -0.25) is 39.1 Å². The van der Waals surface area contributed by atoms with Crippen molar-refractivity contribution in [3.63, 3.8) is 0 Å². The van der Waals surface area contributed by atoms with E-state index in [-0.39, 0.29) is 55.4 Å². The predicted molar refractivity (Wildman–Crippen MR) is 252 cm³/mol. The summed E-state index contributed by atoms with van der Waals surface area (Å²) in [6.07, 6.45) is 4.41. The highest BCUT2D eigenvalue weighted by Crippen LogP contribution is 2.42. The summed E-state index contributed by atoms with van der Waals surface area (Å²) in [6, 6.07) is 16.9. The summed E-state index contributed by atoms with van der Waals surface area (Å²) in [5, 5.41) is 13.1. The number of cyclic esters (lactones) is 1. The zero-order valence-electron chi connectivity index (χ0n) is 39.1. The number of fused-ring (bicyclic) bond motifs is 6. The number of ether oxygens (including phenoxy) is 3. The number of aryl methyl sites for hydroxylation is 1.